The standard InChI is InChI=1S/C15H18F3NO3/c1-9(13(20)19-8-10(2)14(21)22)6-11-4-3-5-12(7-11)15(16,17)18/h3-5,7,9-10H,6,8H2,1-2H3,(H,19,20)(H,21,22). The smallest absolute Gasteiger partial charge is 0.416 e. The number of halogens is 3. The Labute approximate surface area is 126 Å². The van der Waals surface area contributed by atoms with E-state index in [-0.39, 0.29) is 18.9 Å². The van der Waals surface area contributed by atoms with Gasteiger partial charge in [0.05, 0.1) is 11.5 Å². The summed E-state index contributed by atoms with van der Waals surface area (Å²) in [5.74, 6) is -2.68. The van der Waals surface area contributed by atoms with Gasteiger partial charge in [0.25, 0.3) is 0 Å². The molecule has 122 valence electrons. The second kappa shape index (κ2) is 7.29. The van der Waals surface area contributed by atoms with E-state index in [0.717, 1.165) is 12.1 Å². The molecular formula is C15H18F3NO3. The highest BCUT2D eigenvalue weighted by atomic mass is 19.4. The summed E-state index contributed by atoms with van der Waals surface area (Å²) >= 11 is 0. The first-order chi connectivity index (χ1) is 10.1. The van der Waals surface area contributed by atoms with Gasteiger partial charge >= 0.3 is 12.1 Å². The number of alkyl halides is 3. The maximum atomic E-state index is 12.6. The Morgan fingerprint density at radius 3 is 2.41 bits per heavy atom. The SMILES string of the molecule is CC(CNC(=O)C(C)Cc1cccc(C(F)(F)F)c1)C(=O)O. The van der Waals surface area contributed by atoms with Gasteiger partial charge in [0.2, 0.25) is 5.91 Å². The van der Waals surface area contributed by atoms with Gasteiger partial charge < -0.3 is 10.4 Å². The molecule has 0 aliphatic rings. The van der Waals surface area contributed by atoms with Crippen LogP contribution in [0.2, 0.25) is 0 Å². The molecule has 0 aliphatic carbocycles. The van der Waals surface area contributed by atoms with Crippen molar-refractivity contribution in [3.63, 3.8) is 0 Å². The Balaban J connectivity index is 2.63. The van der Waals surface area contributed by atoms with Crippen LogP contribution < -0.4 is 5.32 Å². The summed E-state index contributed by atoms with van der Waals surface area (Å²) in [7, 11) is 0. The third-order valence-electron chi connectivity index (χ3n) is 3.25. The van der Waals surface area contributed by atoms with Crippen molar-refractivity contribution in [1.82, 2.24) is 5.32 Å². The van der Waals surface area contributed by atoms with Crippen molar-refractivity contribution in [2.75, 3.05) is 6.54 Å². The third-order valence-corrected chi connectivity index (χ3v) is 3.25. The molecular weight excluding hydrogens is 299 g/mol. The maximum absolute atomic E-state index is 12.6. The lowest BCUT2D eigenvalue weighted by Gasteiger charge is -2.15. The van der Waals surface area contributed by atoms with Gasteiger partial charge in [0.15, 0.2) is 0 Å². The number of carboxylic acids is 1. The van der Waals surface area contributed by atoms with Gasteiger partial charge in [0.1, 0.15) is 0 Å². The normalized spacial score (nSPS) is 14.2. The molecule has 0 saturated carbocycles. The van der Waals surface area contributed by atoms with Crippen molar-refractivity contribution in [3.8, 4) is 0 Å². The highest BCUT2D eigenvalue weighted by molar-refractivity contribution is 5.79. The summed E-state index contributed by atoms with van der Waals surface area (Å²) in [6.45, 7) is 3.03. The lowest BCUT2D eigenvalue weighted by atomic mass is 9.98. The predicted octanol–water partition coefficient (Wildman–Crippen LogP) is 2.72. The van der Waals surface area contributed by atoms with Gasteiger partial charge in [-0.25, -0.2) is 0 Å². The fourth-order valence-electron chi connectivity index (χ4n) is 1.84. The van der Waals surface area contributed by atoms with Crippen LogP contribution in [-0.2, 0) is 22.2 Å². The van der Waals surface area contributed by atoms with E-state index in [0.29, 0.717) is 5.56 Å². The van der Waals surface area contributed by atoms with Crippen molar-refractivity contribution in [2.45, 2.75) is 26.4 Å². The molecule has 0 radical (unpaired) electrons. The number of carbonyl (C=O) groups excluding carboxylic acids is 1. The number of amides is 1. The highest BCUT2D eigenvalue weighted by Crippen LogP contribution is 2.29. The second-order valence-electron chi connectivity index (χ2n) is 5.29. The first-order valence-corrected chi connectivity index (χ1v) is 6.78. The van der Waals surface area contributed by atoms with Crippen LogP contribution in [0.4, 0.5) is 13.2 Å². The van der Waals surface area contributed by atoms with Crippen molar-refractivity contribution in [2.24, 2.45) is 11.8 Å². The second-order valence-corrected chi connectivity index (χ2v) is 5.29. The fraction of sp³-hybridized carbons (Fsp3) is 0.467. The van der Waals surface area contributed by atoms with Crippen molar-refractivity contribution >= 4 is 11.9 Å². The van der Waals surface area contributed by atoms with E-state index in [2.05, 4.69) is 5.32 Å². The number of aliphatic carboxylic acids is 1. The van der Waals surface area contributed by atoms with Gasteiger partial charge in [-0.2, -0.15) is 13.2 Å². The van der Waals surface area contributed by atoms with Crippen LogP contribution >= 0.6 is 0 Å². The van der Waals surface area contributed by atoms with Crippen LogP contribution in [0.1, 0.15) is 25.0 Å². The molecule has 7 heteroatoms. The van der Waals surface area contributed by atoms with Gasteiger partial charge in [-0.15, -0.1) is 0 Å². The number of carboxylic acid groups (broad SMARTS) is 1. The van der Waals surface area contributed by atoms with Gasteiger partial charge in [-0.3, -0.25) is 9.59 Å². The third kappa shape index (κ3) is 5.38. The van der Waals surface area contributed by atoms with Crippen LogP contribution in [-0.4, -0.2) is 23.5 Å². The van der Waals surface area contributed by atoms with E-state index in [1.807, 2.05) is 0 Å². The van der Waals surface area contributed by atoms with Gasteiger partial charge in [-0.05, 0) is 18.1 Å². The van der Waals surface area contributed by atoms with Crippen molar-refractivity contribution in [3.05, 3.63) is 35.4 Å². The zero-order chi connectivity index (χ0) is 16.9. The molecule has 4 nitrogen and oxygen atoms in total. The molecule has 0 heterocycles. The Kier molecular flexibility index (Phi) is 5.96. The van der Waals surface area contributed by atoms with Crippen LogP contribution in [0.25, 0.3) is 0 Å². The molecule has 1 amide bonds. The first-order valence-electron chi connectivity index (χ1n) is 6.78. The zero-order valence-electron chi connectivity index (χ0n) is 12.3. The Morgan fingerprint density at radius 2 is 1.86 bits per heavy atom. The molecule has 1 aromatic carbocycles. The zero-order valence-corrected chi connectivity index (χ0v) is 12.3. The van der Waals surface area contributed by atoms with E-state index < -0.39 is 29.5 Å². The Bertz CT molecular complexity index is 543. The number of carbonyl (C=O) groups is 2. The molecule has 0 aromatic heterocycles. The number of benzene rings is 1. The van der Waals surface area contributed by atoms with E-state index in [1.165, 1.54) is 19.1 Å². The molecule has 0 aliphatic heterocycles. The minimum Gasteiger partial charge on any atom is -0.481 e. The maximum Gasteiger partial charge on any atom is 0.416 e. The molecule has 0 spiro atoms. The minimum atomic E-state index is -4.42. The van der Waals surface area contributed by atoms with Crippen molar-refractivity contribution < 1.29 is 27.9 Å². The number of hydrogen-bond donors (Lipinski definition) is 2. The summed E-state index contributed by atoms with van der Waals surface area (Å²) < 4.78 is 37.8. The average molecular weight is 317 g/mol. The van der Waals surface area contributed by atoms with E-state index >= 15 is 0 Å². The number of nitrogens with one attached hydrogen (secondary N) is 1. The monoisotopic (exact) mass is 317 g/mol. The lowest BCUT2D eigenvalue weighted by Crippen LogP contribution is -2.35. The highest BCUT2D eigenvalue weighted by Gasteiger charge is 2.30. The van der Waals surface area contributed by atoms with Crippen molar-refractivity contribution in [1.29, 1.82) is 0 Å². The van der Waals surface area contributed by atoms with Crippen LogP contribution in [0.15, 0.2) is 24.3 Å². The van der Waals surface area contributed by atoms with Crippen LogP contribution in [0.5, 0.6) is 0 Å². The van der Waals surface area contributed by atoms with E-state index in [9.17, 15) is 22.8 Å². The van der Waals surface area contributed by atoms with Gasteiger partial charge in [0, 0.05) is 12.5 Å². The summed E-state index contributed by atoms with van der Waals surface area (Å²) in [6, 6.07) is 4.82. The molecule has 0 fully saturated rings. The number of rotatable bonds is 6. The fourth-order valence-corrected chi connectivity index (χ4v) is 1.84. The summed E-state index contributed by atoms with van der Waals surface area (Å²) in [6.07, 6.45) is -4.27. The van der Waals surface area contributed by atoms with Gasteiger partial charge in [-0.1, -0.05) is 32.0 Å². The van der Waals surface area contributed by atoms with Crippen LogP contribution in [0.3, 0.4) is 0 Å². The summed E-state index contributed by atoms with van der Waals surface area (Å²) in [4.78, 5) is 22.5. The molecule has 22 heavy (non-hydrogen) atoms. The Hall–Kier alpha value is -2.05. The molecule has 1 rings (SSSR count). The quantitative estimate of drug-likeness (QED) is 0.848. The molecule has 2 unspecified atom stereocenters. The largest absolute Gasteiger partial charge is 0.481 e. The predicted molar refractivity (Wildman–Crippen MR) is 74.1 cm³/mol. The Morgan fingerprint density at radius 1 is 1.23 bits per heavy atom. The molecule has 2 N–H and O–H groups in total. The topological polar surface area (TPSA) is 66.4 Å². The summed E-state index contributed by atoms with van der Waals surface area (Å²) in [5, 5.41) is 11.2. The number of hydrogen-bond acceptors (Lipinski definition) is 2. The molecule has 1 aromatic rings. The molecule has 0 saturated heterocycles. The summed E-state index contributed by atoms with van der Waals surface area (Å²) in [5.41, 5.74) is -0.346. The van der Waals surface area contributed by atoms with E-state index in [4.69, 9.17) is 5.11 Å². The van der Waals surface area contributed by atoms with E-state index in [1.54, 1.807) is 6.92 Å². The van der Waals surface area contributed by atoms with Crippen LogP contribution in [0, 0.1) is 11.8 Å². The average Bonchev–Trinajstić information content (AvgIpc) is 2.43. The molecule has 0 bridgehead atoms. The lowest BCUT2D eigenvalue weighted by molar-refractivity contribution is -0.141. The first kappa shape index (κ1) is 18.0. The minimum absolute atomic E-state index is 0.0128. The molecule has 2 atom stereocenters.